The molecule has 2 fully saturated rings. The van der Waals surface area contributed by atoms with Crippen molar-refractivity contribution in [2.24, 2.45) is 11.3 Å². The Morgan fingerprint density at radius 1 is 1.70 bits per heavy atom. The number of rotatable bonds is 2. The summed E-state index contributed by atoms with van der Waals surface area (Å²) in [6, 6.07) is 0. The van der Waals surface area contributed by atoms with Crippen molar-refractivity contribution in [3.63, 3.8) is 0 Å². The zero-order valence-electron chi connectivity index (χ0n) is 5.67. The molecule has 0 amide bonds. The first-order valence-corrected chi connectivity index (χ1v) is 3.52. The van der Waals surface area contributed by atoms with Crippen LogP contribution >= 0.6 is 0 Å². The summed E-state index contributed by atoms with van der Waals surface area (Å²) in [6.45, 7) is 1.59. The lowest BCUT2D eigenvalue weighted by Crippen LogP contribution is -2.31. The Kier molecular flexibility index (Phi) is 1.06. The van der Waals surface area contributed by atoms with Crippen LogP contribution in [0.25, 0.3) is 0 Å². The van der Waals surface area contributed by atoms with Crippen molar-refractivity contribution in [2.45, 2.75) is 12.8 Å². The monoisotopic (exact) mass is 142 g/mol. The zero-order chi connectivity index (χ0) is 7.19. The quantitative estimate of drug-likeness (QED) is 0.610. The van der Waals surface area contributed by atoms with Gasteiger partial charge in [-0.15, -0.1) is 0 Å². The Morgan fingerprint density at radius 3 is 2.70 bits per heavy atom. The molecule has 0 radical (unpaired) electrons. The maximum Gasteiger partial charge on any atom is 0.303 e. The molecule has 10 heavy (non-hydrogen) atoms. The summed E-state index contributed by atoms with van der Waals surface area (Å²) in [7, 11) is 0. The first kappa shape index (κ1) is 6.16. The van der Waals surface area contributed by atoms with Crippen molar-refractivity contribution < 1.29 is 14.6 Å². The standard InChI is InChI=1S/C7H10O3/c8-6(9)1-5-2-7(5)3-10-4-7/h5H,1-4H2,(H,8,9). The Balaban J connectivity index is 1.84. The van der Waals surface area contributed by atoms with Crippen molar-refractivity contribution in [3.8, 4) is 0 Å². The molecule has 1 saturated carbocycles. The molecule has 0 aromatic rings. The lowest BCUT2D eigenvalue weighted by atomic mass is 10.0. The van der Waals surface area contributed by atoms with E-state index in [1.807, 2.05) is 0 Å². The molecule has 1 aliphatic carbocycles. The fourth-order valence-electron chi connectivity index (χ4n) is 1.65. The van der Waals surface area contributed by atoms with Gasteiger partial charge in [0, 0.05) is 11.8 Å². The van der Waals surface area contributed by atoms with E-state index in [4.69, 9.17) is 9.84 Å². The zero-order valence-corrected chi connectivity index (χ0v) is 5.67. The van der Waals surface area contributed by atoms with Crippen LogP contribution in [-0.4, -0.2) is 24.3 Å². The average Bonchev–Trinajstić information content (AvgIpc) is 2.37. The molecule has 3 nitrogen and oxygen atoms in total. The molecule has 1 saturated heterocycles. The van der Waals surface area contributed by atoms with E-state index in [1.54, 1.807) is 0 Å². The van der Waals surface area contributed by atoms with Gasteiger partial charge in [-0.25, -0.2) is 0 Å². The van der Waals surface area contributed by atoms with Gasteiger partial charge in [-0.1, -0.05) is 0 Å². The second-order valence-corrected chi connectivity index (χ2v) is 3.35. The summed E-state index contributed by atoms with van der Waals surface area (Å²) in [5, 5.41) is 8.43. The average molecular weight is 142 g/mol. The summed E-state index contributed by atoms with van der Waals surface area (Å²) >= 11 is 0. The molecule has 1 heterocycles. The highest BCUT2D eigenvalue weighted by atomic mass is 16.5. The van der Waals surface area contributed by atoms with E-state index >= 15 is 0 Å². The van der Waals surface area contributed by atoms with Crippen molar-refractivity contribution in [3.05, 3.63) is 0 Å². The summed E-state index contributed by atoms with van der Waals surface area (Å²) in [5.41, 5.74) is 0.318. The van der Waals surface area contributed by atoms with Gasteiger partial charge in [-0.05, 0) is 12.3 Å². The van der Waals surface area contributed by atoms with Gasteiger partial charge in [0.15, 0.2) is 0 Å². The van der Waals surface area contributed by atoms with Crippen LogP contribution < -0.4 is 0 Å². The smallest absolute Gasteiger partial charge is 0.303 e. The van der Waals surface area contributed by atoms with E-state index in [-0.39, 0.29) is 0 Å². The van der Waals surface area contributed by atoms with Gasteiger partial charge >= 0.3 is 5.97 Å². The molecule has 0 bridgehead atoms. The highest BCUT2D eigenvalue weighted by Crippen LogP contribution is 2.59. The van der Waals surface area contributed by atoms with E-state index in [1.165, 1.54) is 0 Å². The van der Waals surface area contributed by atoms with Crippen LogP contribution in [0.15, 0.2) is 0 Å². The second-order valence-electron chi connectivity index (χ2n) is 3.35. The number of aliphatic carboxylic acids is 1. The van der Waals surface area contributed by atoms with Crippen molar-refractivity contribution >= 4 is 5.97 Å². The second kappa shape index (κ2) is 1.72. The topological polar surface area (TPSA) is 46.5 Å². The fraction of sp³-hybridized carbons (Fsp3) is 0.857. The van der Waals surface area contributed by atoms with Gasteiger partial charge in [0.2, 0.25) is 0 Å². The molecule has 1 aliphatic heterocycles. The molecule has 0 aromatic carbocycles. The molecule has 0 aromatic heterocycles. The van der Waals surface area contributed by atoms with Crippen LogP contribution in [0.3, 0.4) is 0 Å². The minimum absolute atomic E-state index is 0.318. The SMILES string of the molecule is O=C(O)CC1CC12COC2. The highest BCUT2D eigenvalue weighted by Gasteiger charge is 2.59. The van der Waals surface area contributed by atoms with Crippen LogP contribution in [0, 0.1) is 11.3 Å². The van der Waals surface area contributed by atoms with Gasteiger partial charge in [0.1, 0.15) is 0 Å². The minimum atomic E-state index is -0.672. The van der Waals surface area contributed by atoms with E-state index in [9.17, 15) is 4.79 Å². The van der Waals surface area contributed by atoms with E-state index in [0.29, 0.717) is 17.8 Å². The fourth-order valence-corrected chi connectivity index (χ4v) is 1.65. The normalized spacial score (nSPS) is 33.4. The third-order valence-corrected chi connectivity index (χ3v) is 2.56. The van der Waals surface area contributed by atoms with Gasteiger partial charge in [0.05, 0.1) is 13.2 Å². The predicted molar refractivity (Wildman–Crippen MR) is 33.6 cm³/mol. The molecule has 1 atom stereocenters. The molecule has 1 N–H and O–H groups in total. The first-order chi connectivity index (χ1) is 4.73. The van der Waals surface area contributed by atoms with Gasteiger partial charge in [-0.2, -0.15) is 0 Å². The van der Waals surface area contributed by atoms with E-state index in [0.717, 1.165) is 19.6 Å². The summed E-state index contributed by atoms with van der Waals surface area (Å²) in [5.74, 6) is -0.257. The van der Waals surface area contributed by atoms with Crippen LogP contribution in [0.5, 0.6) is 0 Å². The Hall–Kier alpha value is -0.570. The van der Waals surface area contributed by atoms with E-state index in [2.05, 4.69) is 0 Å². The third-order valence-electron chi connectivity index (χ3n) is 2.56. The molecule has 1 spiro atoms. The van der Waals surface area contributed by atoms with Gasteiger partial charge < -0.3 is 9.84 Å². The van der Waals surface area contributed by atoms with Crippen LogP contribution in [0.1, 0.15) is 12.8 Å². The highest BCUT2D eigenvalue weighted by molar-refractivity contribution is 5.67. The van der Waals surface area contributed by atoms with Crippen LogP contribution in [0.2, 0.25) is 0 Å². The summed E-state index contributed by atoms with van der Waals surface area (Å²) in [6.07, 6.45) is 1.41. The number of ether oxygens (including phenoxy) is 1. The number of hydrogen-bond acceptors (Lipinski definition) is 2. The predicted octanol–water partition coefficient (Wildman–Crippen LogP) is 0.498. The number of hydrogen-bond donors (Lipinski definition) is 1. The van der Waals surface area contributed by atoms with Crippen LogP contribution in [0.4, 0.5) is 0 Å². The molecule has 1 unspecified atom stereocenters. The largest absolute Gasteiger partial charge is 0.481 e. The van der Waals surface area contributed by atoms with Gasteiger partial charge in [-0.3, -0.25) is 4.79 Å². The summed E-state index contributed by atoms with van der Waals surface area (Å²) < 4.78 is 5.02. The molecular formula is C7H10O3. The van der Waals surface area contributed by atoms with Crippen molar-refractivity contribution in [1.29, 1.82) is 0 Å². The minimum Gasteiger partial charge on any atom is -0.481 e. The number of carboxylic acid groups (broad SMARTS) is 1. The lowest BCUT2D eigenvalue weighted by Gasteiger charge is -2.26. The van der Waals surface area contributed by atoms with E-state index < -0.39 is 5.97 Å². The van der Waals surface area contributed by atoms with Crippen molar-refractivity contribution in [1.82, 2.24) is 0 Å². The lowest BCUT2D eigenvalue weighted by molar-refractivity contribution is -0.138. The Morgan fingerprint density at radius 2 is 2.40 bits per heavy atom. The third kappa shape index (κ3) is 0.736. The molecule has 56 valence electrons. The molecule has 2 rings (SSSR count). The molecular weight excluding hydrogens is 132 g/mol. The van der Waals surface area contributed by atoms with Crippen molar-refractivity contribution in [2.75, 3.05) is 13.2 Å². The Labute approximate surface area is 59.0 Å². The Bertz CT molecular complexity index is 172. The molecule has 3 heteroatoms. The number of carboxylic acids is 1. The maximum atomic E-state index is 10.2. The molecule has 2 aliphatic rings. The number of carbonyl (C=O) groups is 1. The maximum absolute atomic E-state index is 10.2. The van der Waals surface area contributed by atoms with Gasteiger partial charge in [0.25, 0.3) is 0 Å². The summed E-state index contributed by atoms with van der Waals surface area (Å²) in [4.78, 5) is 10.2. The van der Waals surface area contributed by atoms with Crippen LogP contribution in [-0.2, 0) is 9.53 Å². The first-order valence-electron chi connectivity index (χ1n) is 3.52.